The number of rotatable bonds is 16. The Labute approximate surface area is 174 Å². The van der Waals surface area contributed by atoms with E-state index < -0.39 is 0 Å². The van der Waals surface area contributed by atoms with Gasteiger partial charge in [-0.2, -0.15) is 0 Å². The predicted octanol–water partition coefficient (Wildman–Crippen LogP) is 7.06. The maximum absolute atomic E-state index is 12.3. The number of allylic oxidation sites excluding steroid dienone is 2. The third-order valence-corrected chi connectivity index (χ3v) is 6.25. The number of hydrogen-bond donors (Lipinski definition) is 0. The van der Waals surface area contributed by atoms with E-state index in [0.717, 1.165) is 38.2 Å². The van der Waals surface area contributed by atoms with Crippen molar-refractivity contribution in [2.45, 2.75) is 116 Å². The van der Waals surface area contributed by atoms with Gasteiger partial charge in [0, 0.05) is 25.4 Å². The molecule has 28 heavy (non-hydrogen) atoms. The third kappa shape index (κ3) is 8.92. The van der Waals surface area contributed by atoms with Crippen LogP contribution in [-0.2, 0) is 4.79 Å². The zero-order valence-electron chi connectivity index (χ0n) is 18.5. The van der Waals surface area contributed by atoms with E-state index >= 15 is 0 Å². The summed E-state index contributed by atoms with van der Waals surface area (Å²) in [4.78, 5) is 18.8. The number of unbranched alkanes of at least 4 members (excludes halogenated alkanes) is 13. The highest BCUT2D eigenvalue weighted by molar-refractivity contribution is 6.06. The third-order valence-electron chi connectivity index (χ3n) is 6.25. The standard InChI is InChI=1S/C25H44N2O/c1-2-3-4-5-6-7-8-9-10-11-12-13-14-15-16-17-19-23-22-24-26-20-18-21-27(24)25(23)28/h16-17,23H,2-15,18-22H2,1H3. The molecule has 0 aromatic carbocycles. The molecular formula is C25H44N2O. The number of amidine groups is 1. The van der Waals surface area contributed by atoms with Crippen LogP contribution in [0.5, 0.6) is 0 Å². The zero-order chi connectivity index (χ0) is 19.9. The Morgan fingerprint density at radius 3 is 2.11 bits per heavy atom. The maximum atomic E-state index is 12.3. The lowest BCUT2D eigenvalue weighted by Crippen LogP contribution is -2.34. The number of fused-ring (bicyclic) bond motifs is 1. The Morgan fingerprint density at radius 1 is 0.893 bits per heavy atom. The molecule has 0 aliphatic carbocycles. The predicted molar refractivity (Wildman–Crippen MR) is 121 cm³/mol. The van der Waals surface area contributed by atoms with Gasteiger partial charge in [0.15, 0.2) is 0 Å². The molecule has 0 aromatic heterocycles. The van der Waals surface area contributed by atoms with Gasteiger partial charge in [-0.05, 0) is 25.7 Å². The van der Waals surface area contributed by atoms with Crippen molar-refractivity contribution in [2.24, 2.45) is 10.9 Å². The Hall–Kier alpha value is -1.12. The summed E-state index contributed by atoms with van der Waals surface area (Å²) < 4.78 is 0. The van der Waals surface area contributed by atoms with Crippen LogP contribution in [0.25, 0.3) is 0 Å². The van der Waals surface area contributed by atoms with Gasteiger partial charge in [-0.1, -0.05) is 96.1 Å². The van der Waals surface area contributed by atoms with Crippen LogP contribution in [0.3, 0.4) is 0 Å². The van der Waals surface area contributed by atoms with E-state index in [2.05, 4.69) is 24.1 Å². The van der Waals surface area contributed by atoms with Crippen LogP contribution >= 0.6 is 0 Å². The molecule has 2 aliphatic rings. The Bertz CT molecular complexity index is 483. The van der Waals surface area contributed by atoms with E-state index in [1.54, 1.807) is 0 Å². The highest BCUT2D eigenvalue weighted by atomic mass is 16.2. The maximum Gasteiger partial charge on any atom is 0.231 e. The molecule has 0 bridgehead atoms. The first-order valence-corrected chi connectivity index (χ1v) is 12.3. The van der Waals surface area contributed by atoms with Gasteiger partial charge in [0.25, 0.3) is 0 Å². The van der Waals surface area contributed by atoms with Crippen LogP contribution in [0.2, 0.25) is 0 Å². The van der Waals surface area contributed by atoms with Crippen LogP contribution in [0.1, 0.15) is 116 Å². The van der Waals surface area contributed by atoms with Crippen molar-refractivity contribution in [3.8, 4) is 0 Å². The highest BCUT2D eigenvalue weighted by Crippen LogP contribution is 2.26. The lowest BCUT2D eigenvalue weighted by Gasteiger charge is -2.20. The number of carbonyl (C=O) groups is 1. The van der Waals surface area contributed by atoms with Gasteiger partial charge < -0.3 is 4.90 Å². The Balaban J connectivity index is 1.36. The molecule has 1 amide bonds. The van der Waals surface area contributed by atoms with Crippen LogP contribution in [0.15, 0.2) is 17.1 Å². The van der Waals surface area contributed by atoms with Crippen LogP contribution in [0.4, 0.5) is 0 Å². The van der Waals surface area contributed by atoms with E-state index in [1.807, 2.05) is 4.90 Å². The van der Waals surface area contributed by atoms with Gasteiger partial charge in [0.2, 0.25) is 5.91 Å². The lowest BCUT2D eigenvalue weighted by atomic mass is 10.0. The summed E-state index contributed by atoms with van der Waals surface area (Å²) in [5.74, 6) is 1.51. The SMILES string of the molecule is CCCCCCCCCCCCCCCC=CCC1CC2=NCCCN2C1=O. The molecule has 160 valence electrons. The van der Waals surface area contributed by atoms with E-state index in [1.165, 1.54) is 89.9 Å². The minimum atomic E-state index is 0.153. The van der Waals surface area contributed by atoms with Gasteiger partial charge in [0.1, 0.15) is 5.84 Å². The van der Waals surface area contributed by atoms with Crippen molar-refractivity contribution in [1.82, 2.24) is 4.90 Å². The highest BCUT2D eigenvalue weighted by Gasteiger charge is 2.36. The Morgan fingerprint density at radius 2 is 1.50 bits per heavy atom. The van der Waals surface area contributed by atoms with E-state index in [9.17, 15) is 4.79 Å². The van der Waals surface area contributed by atoms with Crippen molar-refractivity contribution in [3.63, 3.8) is 0 Å². The van der Waals surface area contributed by atoms with Gasteiger partial charge in [-0.15, -0.1) is 0 Å². The smallest absolute Gasteiger partial charge is 0.231 e. The average Bonchev–Trinajstić information content (AvgIpc) is 3.03. The van der Waals surface area contributed by atoms with Crippen molar-refractivity contribution in [2.75, 3.05) is 13.1 Å². The van der Waals surface area contributed by atoms with Gasteiger partial charge >= 0.3 is 0 Å². The summed E-state index contributed by atoms with van der Waals surface area (Å²) >= 11 is 0. The zero-order valence-corrected chi connectivity index (χ0v) is 18.5. The normalized spacial score (nSPS) is 19.5. The molecule has 1 saturated heterocycles. The van der Waals surface area contributed by atoms with Gasteiger partial charge in [0.05, 0.1) is 0 Å². The topological polar surface area (TPSA) is 32.7 Å². The van der Waals surface area contributed by atoms with Crippen molar-refractivity contribution < 1.29 is 4.79 Å². The van der Waals surface area contributed by atoms with Crippen molar-refractivity contribution in [3.05, 3.63) is 12.2 Å². The minimum Gasteiger partial charge on any atom is -0.300 e. The second-order valence-electron chi connectivity index (χ2n) is 8.78. The molecular weight excluding hydrogens is 344 g/mol. The molecule has 1 atom stereocenters. The quantitative estimate of drug-likeness (QED) is 0.206. The molecule has 2 aliphatic heterocycles. The second kappa shape index (κ2) is 14.8. The molecule has 1 unspecified atom stereocenters. The number of aliphatic imine (C=N–C) groups is 1. The Kier molecular flexibility index (Phi) is 12.3. The van der Waals surface area contributed by atoms with E-state index in [0.29, 0.717) is 5.91 Å². The fourth-order valence-electron chi connectivity index (χ4n) is 4.43. The molecule has 3 heteroatoms. The first-order chi connectivity index (χ1) is 13.8. The van der Waals surface area contributed by atoms with Crippen molar-refractivity contribution in [1.29, 1.82) is 0 Å². The molecule has 0 spiro atoms. The van der Waals surface area contributed by atoms with Crippen LogP contribution < -0.4 is 0 Å². The second-order valence-corrected chi connectivity index (χ2v) is 8.78. The molecule has 2 heterocycles. The van der Waals surface area contributed by atoms with Crippen LogP contribution in [-0.4, -0.2) is 29.7 Å². The lowest BCUT2D eigenvalue weighted by molar-refractivity contribution is -0.129. The first kappa shape index (κ1) is 23.2. The fourth-order valence-corrected chi connectivity index (χ4v) is 4.43. The number of amides is 1. The molecule has 0 aromatic rings. The molecule has 0 radical (unpaired) electrons. The molecule has 0 N–H and O–H groups in total. The minimum absolute atomic E-state index is 0.153. The van der Waals surface area contributed by atoms with Crippen LogP contribution in [0, 0.1) is 5.92 Å². The van der Waals surface area contributed by atoms with E-state index in [-0.39, 0.29) is 5.92 Å². The largest absolute Gasteiger partial charge is 0.300 e. The molecule has 3 nitrogen and oxygen atoms in total. The fraction of sp³-hybridized carbons (Fsp3) is 0.840. The average molecular weight is 389 g/mol. The molecule has 2 rings (SSSR count). The van der Waals surface area contributed by atoms with E-state index in [4.69, 9.17) is 0 Å². The first-order valence-electron chi connectivity index (χ1n) is 12.3. The molecule has 0 saturated carbocycles. The summed E-state index contributed by atoms with van der Waals surface area (Å²) in [7, 11) is 0. The van der Waals surface area contributed by atoms with Crippen molar-refractivity contribution >= 4 is 11.7 Å². The van der Waals surface area contributed by atoms with Gasteiger partial charge in [-0.3, -0.25) is 9.79 Å². The summed E-state index contributed by atoms with van der Waals surface area (Å²) in [6.07, 6.45) is 26.8. The number of carbonyl (C=O) groups excluding carboxylic acids is 1. The number of nitrogens with zero attached hydrogens (tertiary/aromatic N) is 2. The number of hydrogen-bond acceptors (Lipinski definition) is 2. The van der Waals surface area contributed by atoms with Gasteiger partial charge in [-0.25, -0.2) is 0 Å². The molecule has 1 fully saturated rings. The summed E-state index contributed by atoms with van der Waals surface area (Å²) in [6, 6.07) is 0. The monoisotopic (exact) mass is 388 g/mol. The summed E-state index contributed by atoms with van der Waals surface area (Å²) in [6.45, 7) is 4.08. The summed E-state index contributed by atoms with van der Waals surface area (Å²) in [5.41, 5.74) is 0. The summed E-state index contributed by atoms with van der Waals surface area (Å²) in [5, 5.41) is 0.